The molecule has 0 aliphatic rings. The van der Waals surface area contributed by atoms with Gasteiger partial charge in [-0.25, -0.2) is 0 Å². The molecule has 1 rings (SSSR count). The summed E-state index contributed by atoms with van der Waals surface area (Å²) in [5, 5.41) is 0. The second-order valence-corrected chi connectivity index (χ2v) is 5.11. The molecule has 5 heteroatoms. The minimum absolute atomic E-state index is 0.144. The van der Waals surface area contributed by atoms with Crippen molar-refractivity contribution in [2.24, 2.45) is 5.73 Å². The van der Waals surface area contributed by atoms with E-state index in [2.05, 4.69) is 6.92 Å². The molecule has 0 unspecified atom stereocenters. The number of rotatable bonds is 10. The van der Waals surface area contributed by atoms with Gasteiger partial charge in [-0.15, -0.1) is 0 Å². The summed E-state index contributed by atoms with van der Waals surface area (Å²) < 4.78 is 17.2. The van der Waals surface area contributed by atoms with Gasteiger partial charge in [0.15, 0.2) is 6.10 Å². The molecule has 0 heterocycles. The molecular weight excluding hydrogens is 282 g/mol. The third kappa shape index (κ3) is 6.03. The summed E-state index contributed by atoms with van der Waals surface area (Å²) in [6.07, 6.45) is 0.710. The fraction of sp³-hybridized carbons (Fsp3) is 0.588. The third-order valence-corrected chi connectivity index (χ3v) is 3.27. The summed E-state index contributed by atoms with van der Waals surface area (Å²) in [6, 6.07) is 9.46. The Hall–Kier alpha value is -1.59. The van der Waals surface area contributed by atoms with Crippen molar-refractivity contribution in [2.45, 2.75) is 51.9 Å². The predicted molar refractivity (Wildman–Crippen MR) is 85.8 cm³/mol. The molecule has 3 atom stereocenters. The lowest BCUT2D eigenvalue weighted by molar-refractivity contribution is -0.156. The van der Waals surface area contributed by atoms with E-state index in [4.69, 9.17) is 19.9 Å². The number of carbonyl (C=O) groups excluding carboxylic acids is 1. The summed E-state index contributed by atoms with van der Waals surface area (Å²) in [6.45, 7) is 6.38. The van der Waals surface area contributed by atoms with Crippen LogP contribution in [-0.2, 0) is 14.3 Å². The second kappa shape index (κ2) is 10.2. The summed E-state index contributed by atoms with van der Waals surface area (Å²) in [7, 11) is 0. The average molecular weight is 309 g/mol. The third-order valence-electron chi connectivity index (χ3n) is 3.27. The van der Waals surface area contributed by atoms with Gasteiger partial charge in [-0.1, -0.05) is 32.0 Å². The van der Waals surface area contributed by atoms with Crippen molar-refractivity contribution >= 4 is 5.97 Å². The van der Waals surface area contributed by atoms with E-state index in [1.54, 1.807) is 6.92 Å². The van der Waals surface area contributed by atoms with Crippen molar-refractivity contribution in [2.75, 3.05) is 13.2 Å². The van der Waals surface area contributed by atoms with Crippen LogP contribution in [0.5, 0.6) is 5.75 Å². The van der Waals surface area contributed by atoms with Crippen LogP contribution in [0, 0.1) is 0 Å². The van der Waals surface area contributed by atoms with E-state index in [1.165, 1.54) is 0 Å². The first-order valence-corrected chi connectivity index (χ1v) is 7.85. The van der Waals surface area contributed by atoms with Gasteiger partial charge in [0.1, 0.15) is 11.9 Å². The van der Waals surface area contributed by atoms with Gasteiger partial charge in [0, 0.05) is 6.61 Å². The Morgan fingerprint density at radius 3 is 2.45 bits per heavy atom. The van der Waals surface area contributed by atoms with Gasteiger partial charge in [0.05, 0.1) is 12.6 Å². The van der Waals surface area contributed by atoms with Crippen LogP contribution in [-0.4, -0.2) is 37.4 Å². The van der Waals surface area contributed by atoms with Crippen molar-refractivity contribution in [3.05, 3.63) is 30.3 Å². The number of ether oxygens (including phenoxy) is 3. The fourth-order valence-electron chi connectivity index (χ4n) is 2.17. The Labute approximate surface area is 132 Å². The molecule has 124 valence electrons. The minimum atomic E-state index is -0.446. The molecule has 0 radical (unpaired) electrons. The van der Waals surface area contributed by atoms with Crippen LogP contribution >= 0.6 is 0 Å². The van der Waals surface area contributed by atoms with Gasteiger partial charge >= 0.3 is 5.97 Å². The zero-order valence-corrected chi connectivity index (χ0v) is 13.7. The van der Waals surface area contributed by atoms with Crippen LogP contribution in [0.2, 0.25) is 0 Å². The van der Waals surface area contributed by atoms with Crippen LogP contribution in [0.15, 0.2) is 30.3 Å². The van der Waals surface area contributed by atoms with E-state index in [0.29, 0.717) is 6.61 Å². The Morgan fingerprint density at radius 1 is 1.23 bits per heavy atom. The van der Waals surface area contributed by atoms with Crippen LogP contribution in [0.1, 0.15) is 33.6 Å². The van der Waals surface area contributed by atoms with Gasteiger partial charge in [0.2, 0.25) is 0 Å². The standard InChI is InChI=1S/C17H27NO4/c1-4-11-20-15(5-2)17(13(3)21-16(19)12-18)22-14-9-7-6-8-10-14/h6-10,13,15,17H,4-5,11-12,18H2,1-3H3/t13-,15-,17-/m0/s1. The number of esters is 1. The maximum Gasteiger partial charge on any atom is 0.320 e. The average Bonchev–Trinajstić information content (AvgIpc) is 2.55. The van der Waals surface area contributed by atoms with Crippen molar-refractivity contribution < 1.29 is 19.0 Å². The molecule has 0 aliphatic heterocycles. The Kier molecular flexibility index (Phi) is 8.55. The SMILES string of the molecule is CCCO[C@@H](CC)[C@@H](Oc1ccccc1)[C@H](C)OC(=O)CN. The number of para-hydroxylation sites is 1. The first-order valence-electron chi connectivity index (χ1n) is 7.85. The van der Waals surface area contributed by atoms with Crippen LogP contribution in [0.25, 0.3) is 0 Å². The van der Waals surface area contributed by atoms with Gasteiger partial charge in [-0.2, -0.15) is 0 Å². The molecule has 0 saturated carbocycles. The van der Waals surface area contributed by atoms with E-state index in [9.17, 15) is 4.79 Å². The molecule has 0 saturated heterocycles. The summed E-state index contributed by atoms with van der Waals surface area (Å²) in [5.74, 6) is 0.279. The molecule has 5 nitrogen and oxygen atoms in total. The maximum absolute atomic E-state index is 11.5. The highest BCUT2D eigenvalue weighted by molar-refractivity contribution is 5.71. The number of carbonyl (C=O) groups is 1. The van der Waals surface area contributed by atoms with Crippen LogP contribution in [0.4, 0.5) is 0 Å². The zero-order chi connectivity index (χ0) is 16.4. The molecule has 1 aromatic carbocycles. The quantitative estimate of drug-likeness (QED) is 0.673. The van der Waals surface area contributed by atoms with E-state index in [1.807, 2.05) is 37.3 Å². The topological polar surface area (TPSA) is 70.8 Å². The van der Waals surface area contributed by atoms with Gasteiger partial charge in [0.25, 0.3) is 0 Å². The number of hydrogen-bond acceptors (Lipinski definition) is 5. The normalized spacial score (nSPS) is 14.9. The summed E-state index contributed by atoms with van der Waals surface area (Å²) in [4.78, 5) is 11.5. The maximum atomic E-state index is 11.5. The van der Waals surface area contributed by atoms with Crippen LogP contribution < -0.4 is 10.5 Å². The van der Waals surface area contributed by atoms with Crippen LogP contribution in [0.3, 0.4) is 0 Å². The van der Waals surface area contributed by atoms with Gasteiger partial charge < -0.3 is 19.9 Å². The van der Waals surface area contributed by atoms with Gasteiger partial charge in [-0.05, 0) is 31.9 Å². The largest absolute Gasteiger partial charge is 0.484 e. The van der Waals surface area contributed by atoms with E-state index in [-0.39, 0.29) is 18.8 Å². The monoisotopic (exact) mass is 309 g/mol. The highest BCUT2D eigenvalue weighted by Crippen LogP contribution is 2.20. The van der Waals surface area contributed by atoms with Gasteiger partial charge in [-0.3, -0.25) is 4.79 Å². The molecule has 22 heavy (non-hydrogen) atoms. The molecule has 1 aromatic rings. The van der Waals surface area contributed by atoms with Crippen molar-refractivity contribution in [3.8, 4) is 5.75 Å². The van der Waals surface area contributed by atoms with Crippen molar-refractivity contribution in [1.82, 2.24) is 0 Å². The molecule has 0 aliphatic carbocycles. The smallest absolute Gasteiger partial charge is 0.320 e. The predicted octanol–water partition coefficient (Wildman–Crippen LogP) is 2.53. The molecular formula is C17H27NO4. The molecule has 2 N–H and O–H groups in total. The molecule has 0 fully saturated rings. The molecule has 0 aromatic heterocycles. The summed E-state index contributed by atoms with van der Waals surface area (Å²) >= 11 is 0. The number of nitrogens with two attached hydrogens (primary N) is 1. The molecule has 0 spiro atoms. The van der Waals surface area contributed by atoms with E-state index >= 15 is 0 Å². The lowest BCUT2D eigenvalue weighted by Crippen LogP contribution is -2.44. The Balaban J connectivity index is 2.84. The molecule has 0 bridgehead atoms. The van der Waals surface area contributed by atoms with Crippen molar-refractivity contribution in [1.29, 1.82) is 0 Å². The number of hydrogen-bond donors (Lipinski definition) is 1. The highest BCUT2D eigenvalue weighted by Gasteiger charge is 2.31. The highest BCUT2D eigenvalue weighted by atomic mass is 16.6. The lowest BCUT2D eigenvalue weighted by atomic mass is 10.1. The Bertz CT molecular complexity index is 424. The zero-order valence-electron chi connectivity index (χ0n) is 13.7. The minimum Gasteiger partial charge on any atom is -0.484 e. The van der Waals surface area contributed by atoms with Crippen molar-refractivity contribution in [3.63, 3.8) is 0 Å². The first kappa shape index (κ1) is 18.5. The van der Waals surface area contributed by atoms with E-state index in [0.717, 1.165) is 18.6 Å². The summed E-state index contributed by atoms with van der Waals surface area (Å²) in [5.41, 5.74) is 5.32. The van der Waals surface area contributed by atoms with E-state index < -0.39 is 12.1 Å². The lowest BCUT2D eigenvalue weighted by Gasteiger charge is -2.31. The first-order chi connectivity index (χ1) is 10.6. The fourth-order valence-corrected chi connectivity index (χ4v) is 2.17. The Morgan fingerprint density at radius 2 is 1.91 bits per heavy atom. The second-order valence-electron chi connectivity index (χ2n) is 5.11. The number of benzene rings is 1. The molecule has 0 amide bonds.